The van der Waals surface area contributed by atoms with Gasteiger partial charge in [0, 0.05) is 11.1 Å². The summed E-state index contributed by atoms with van der Waals surface area (Å²) in [4.78, 5) is 9.00. The molecule has 4 fully saturated rings. The largest absolute Gasteiger partial charge is 0.345 e. The van der Waals surface area contributed by atoms with Crippen molar-refractivity contribution in [1.29, 1.82) is 0 Å². The molecule has 2 atom stereocenters. The maximum atomic E-state index is 5.17. The van der Waals surface area contributed by atoms with E-state index in [0.717, 1.165) is 29.6 Å². The zero-order valence-electron chi connectivity index (χ0n) is 13.5. The second-order valence-corrected chi connectivity index (χ2v) is 9.07. The monoisotopic (exact) mass is 284 g/mol. The third-order valence-electron chi connectivity index (χ3n) is 7.42. The van der Waals surface area contributed by atoms with Crippen LogP contribution in [0.5, 0.6) is 0 Å². The fourth-order valence-electron chi connectivity index (χ4n) is 6.46. The Hall–Kier alpha value is -0.790. The number of aromatic nitrogens is 2. The van der Waals surface area contributed by atoms with Crippen LogP contribution in [0.4, 0.5) is 0 Å². The number of rotatable bonds is 1. The van der Waals surface area contributed by atoms with E-state index in [0.29, 0.717) is 5.41 Å². The molecule has 2 nitrogen and oxygen atoms in total. The molecule has 2 heteroatoms. The van der Waals surface area contributed by atoms with Crippen LogP contribution in [0.3, 0.4) is 0 Å². The number of hydrogen-bond acceptors (Lipinski definition) is 1. The van der Waals surface area contributed by atoms with Crippen LogP contribution in [-0.2, 0) is 18.3 Å². The standard InChI is InChI=1S/C19H28N2/c1-11-3-16-17(4-12(11)2)21-18(20-16)19-8-13-5-14(9-19)7-15(6-13)10-19/h11-15H,3-10H2,1-2H3,(H,20,21). The van der Waals surface area contributed by atoms with E-state index in [9.17, 15) is 0 Å². The lowest BCUT2D eigenvalue weighted by atomic mass is 9.49. The van der Waals surface area contributed by atoms with E-state index in [1.165, 1.54) is 68.6 Å². The normalized spacial score (nSPS) is 47.6. The van der Waals surface area contributed by atoms with E-state index < -0.39 is 0 Å². The van der Waals surface area contributed by atoms with E-state index in [-0.39, 0.29) is 0 Å². The summed E-state index contributed by atoms with van der Waals surface area (Å²) in [5.41, 5.74) is 3.33. The third kappa shape index (κ3) is 1.80. The maximum Gasteiger partial charge on any atom is 0.112 e. The lowest BCUT2D eigenvalue weighted by molar-refractivity contribution is -0.00908. The summed E-state index contributed by atoms with van der Waals surface area (Å²) in [5.74, 6) is 6.03. The predicted molar refractivity (Wildman–Crippen MR) is 84.2 cm³/mol. The molecule has 1 aromatic rings. The van der Waals surface area contributed by atoms with E-state index in [4.69, 9.17) is 4.98 Å². The Labute approximate surface area is 128 Å². The molecular weight excluding hydrogens is 256 g/mol. The number of H-pyrrole nitrogens is 1. The van der Waals surface area contributed by atoms with E-state index in [1.807, 2.05) is 0 Å². The average molecular weight is 284 g/mol. The molecule has 4 saturated carbocycles. The van der Waals surface area contributed by atoms with Gasteiger partial charge in [0.1, 0.15) is 5.82 Å². The van der Waals surface area contributed by atoms with Crippen molar-refractivity contribution in [2.75, 3.05) is 0 Å². The summed E-state index contributed by atoms with van der Waals surface area (Å²) >= 11 is 0. The second-order valence-electron chi connectivity index (χ2n) is 9.07. The predicted octanol–water partition coefficient (Wildman–Crippen LogP) is 4.25. The topological polar surface area (TPSA) is 28.7 Å². The zero-order chi connectivity index (χ0) is 14.2. The fourth-order valence-corrected chi connectivity index (χ4v) is 6.46. The molecule has 114 valence electrons. The Balaban J connectivity index is 1.52. The second kappa shape index (κ2) is 4.14. The van der Waals surface area contributed by atoms with Gasteiger partial charge in [0.2, 0.25) is 0 Å². The van der Waals surface area contributed by atoms with Crippen molar-refractivity contribution in [2.45, 2.75) is 70.6 Å². The molecular formula is C19H28N2. The molecule has 0 spiro atoms. The summed E-state index contributed by atoms with van der Waals surface area (Å²) in [6.07, 6.45) is 11.3. The molecule has 2 unspecified atom stereocenters. The maximum absolute atomic E-state index is 5.17. The minimum Gasteiger partial charge on any atom is -0.345 e. The molecule has 0 aliphatic heterocycles. The molecule has 1 N–H and O–H groups in total. The van der Waals surface area contributed by atoms with Crippen LogP contribution in [-0.4, -0.2) is 9.97 Å². The van der Waals surface area contributed by atoms with Crippen LogP contribution in [0, 0.1) is 29.6 Å². The van der Waals surface area contributed by atoms with E-state index in [2.05, 4.69) is 18.8 Å². The molecule has 1 aromatic heterocycles. The Bertz CT molecular complexity index is 507. The minimum atomic E-state index is 0.443. The van der Waals surface area contributed by atoms with Crippen molar-refractivity contribution in [3.8, 4) is 0 Å². The molecule has 1 heterocycles. The smallest absolute Gasteiger partial charge is 0.112 e. The molecule has 21 heavy (non-hydrogen) atoms. The summed E-state index contributed by atoms with van der Waals surface area (Å²) in [6.45, 7) is 4.80. The van der Waals surface area contributed by atoms with Crippen molar-refractivity contribution in [1.82, 2.24) is 9.97 Å². The van der Waals surface area contributed by atoms with Crippen LogP contribution < -0.4 is 0 Å². The van der Waals surface area contributed by atoms with Crippen LogP contribution in [0.15, 0.2) is 0 Å². The van der Waals surface area contributed by atoms with Gasteiger partial charge in [-0.15, -0.1) is 0 Å². The first-order chi connectivity index (χ1) is 10.1. The van der Waals surface area contributed by atoms with Gasteiger partial charge in [0.05, 0.1) is 5.69 Å². The van der Waals surface area contributed by atoms with Crippen molar-refractivity contribution < 1.29 is 0 Å². The van der Waals surface area contributed by atoms with Gasteiger partial charge < -0.3 is 4.98 Å². The summed E-state index contributed by atoms with van der Waals surface area (Å²) < 4.78 is 0. The molecule has 0 aromatic carbocycles. The first kappa shape index (κ1) is 12.7. The van der Waals surface area contributed by atoms with Gasteiger partial charge in [-0.25, -0.2) is 4.98 Å². The number of imidazole rings is 1. The molecule has 0 saturated heterocycles. The number of fused-ring (bicyclic) bond motifs is 1. The Morgan fingerprint density at radius 1 is 0.905 bits per heavy atom. The highest BCUT2D eigenvalue weighted by atomic mass is 15.0. The van der Waals surface area contributed by atoms with Gasteiger partial charge >= 0.3 is 0 Å². The summed E-state index contributed by atoms with van der Waals surface area (Å²) in [7, 11) is 0. The molecule has 4 bridgehead atoms. The van der Waals surface area contributed by atoms with Crippen molar-refractivity contribution in [3.63, 3.8) is 0 Å². The fraction of sp³-hybridized carbons (Fsp3) is 0.842. The molecule has 5 aliphatic rings. The highest BCUT2D eigenvalue weighted by molar-refractivity contribution is 5.26. The minimum absolute atomic E-state index is 0.443. The number of nitrogens with one attached hydrogen (secondary N) is 1. The lowest BCUT2D eigenvalue weighted by Gasteiger charge is -2.56. The number of aromatic amines is 1. The quantitative estimate of drug-likeness (QED) is 0.820. The van der Waals surface area contributed by atoms with Crippen molar-refractivity contribution >= 4 is 0 Å². The Kier molecular flexibility index (Phi) is 2.51. The average Bonchev–Trinajstić information content (AvgIpc) is 2.81. The Morgan fingerprint density at radius 3 is 2.10 bits per heavy atom. The molecule has 5 aliphatic carbocycles. The zero-order valence-corrected chi connectivity index (χ0v) is 13.5. The highest BCUT2D eigenvalue weighted by Gasteiger charge is 2.53. The van der Waals surface area contributed by atoms with E-state index >= 15 is 0 Å². The molecule has 0 radical (unpaired) electrons. The summed E-state index contributed by atoms with van der Waals surface area (Å²) in [5, 5.41) is 0. The van der Waals surface area contributed by atoms with Gasteiger partial charge in [-0.2, -0.15) is 0 Å². The lowest BCUT2D eigenvalue weighted by Crippen LogP contribution is -2.49. The van der Waals surface area contributed by atoms with E-state index in [1.54, 1.807) is 0 Å². The SMILES string of the molecule is CC1Cc2nc(C34CC5CC(CC(C5)C3)C4)[nH]c2CC1C. The van der Waals surface area contributed by atoms with Gasteiger partial charge in [-0.1, -0.05) is 13.8 Å². The number of nitrogens with zero attached hydrogens (tertiary/aromatic N) is 1. The van der Waals surface area contributed by atoms with Crippen LogP contribution in [0.2, 0.25) is 0 Å². The van der Waals surface area contributed by atoms with Crippen LogP contribution >= 0.6 is 0 Å². The first-order valence-corrected chi connectivity index (χ1v) is 9.19. The van der Waals surface area contributed by atoms with Gasteiger partial charge in [-0.3, -0.25) is 0 Å². The third-order valence-corrected chi connectivity index (χ3v) is 7.42. The molecule has 6 rings (SSSR count). The van der Waals surface area contributed by atoms with Crippen molar-refractivity contribution in [2.24, 2.45) is 29.6 Å². The van der Waals surface area contributed by atoms with Crippen LogP contribution in [0.1, 0.15) is 69.6 Å². The molecule has 0 amide bonds. The van der Waals surface area contributed by atoms with Crippen LogP contribution in [0.25, 0.3) is 0 Å². The van der Waals surface area contributed by atoms with Gasteiger partial charge in [-0.05, 0) is 81.0 Å². The first-order valence-electron chi connectivity index (χ1n) is 9.19. The van der Waals surface area contributed by atoms with Gasteiger partial charge in [0.25, 0.3) is 0 Å². The van der Waals surface area contributed by atoms with Crippen molar-refractivity contribution in [3.05, 3.63) is 17.2 Å². The Morgan fingerprint density at radius 2 is 1.48 bits per heavy atom. The highest BCUT2D eigenvalue weighted by Crippen LogP contribution is 2.60. The number of hydrogen-bond donors (Lipinski definition) is 1. The summed E-state index contributed by atoms with van der Waals surface area (Å²) in [6, 6.07) is 0. The van der Waals surface area contributed by atoms with Gasteiger partial charge in [0.15, 0.2) is 0 Å².